The van der Waals surface area contributed by atoms with Gasteiger partial charge in [0.2, 0.25) is 0 Å². The quantitative estimate of drug-likeness (QED) is 0.826. The van der Waals surface area contributed by atoms with Gasteiger partial charge >= 0.3 is 0 Å². The molecule has 0 saturated carbocycles. The van der Waals surface area contributed by atoms with Crippen LogP contribution in [-0.2, 0) is 4.74 Å². The molecule has 0 aliphatic heterocycles. The van der Waals surface area contributed by atoms with Crippen molar-refractivity contribution < 1.29 is 9.13 Å². The Morgan fingerprint density at radius 1 is 1.32 bits per heavy atom. The normalized spacial score (nSPS) is 16.4. The van der Waals surface area contributed by atoms with Crippen molar-refractivity contribution in [3.63, 3.8) is 0 Å². The van der Waals surface area contributed by atoms with E-state index in [0.717, 1.165) is 12.0 Å². The van der Waals surface area contributed by atoms with Crippen molar-refractivity contribution in [2.75, 3.05) is 20.8 Å². The third kappa shape index (κ3) is 4.27. The van der Waals surface area contributed by atoms with Crippen LogP contribution >= 0.6 is 0 Å². The van der Waals surface area contributed by atoms with Crippen molar-refractivity contribution in [2.24, 2.45) is 5.73 Å². The molecular formula is C15H25FN2O. The number of rotatable bonds is 7. The zero-order chi connectivity index (χ0) is 14.4. The maximum Gasteiger partial charge on any atom is 0.123 e. The first-order valence-electron chi connectivity index (χ1n) is 6.73. The van der Waals surface area contributed by atoms with Gasteiger partial charge in [-0.1, -0.05) is 19.1 Å². The summed E-state index contributed by atoms with van der Waals surface area (Å²) < 4.78 is 18.2. The van der Waals surface area contributed by atoms with Crippen LogP contribution in [0.2, 0.25) is 0 Å². The number of benzene rings is 1. The Hall–Kier alpha value is -0.970. The van der Waals surface area contributed by atoms with Crippen LogP contribution < -0.4 is 5.73 Å². The molecule has 19 heavy (non-hydrogen) atoms. The summed E-state index contributed by atoms with van der Waals surface area (Å²) >= 11 is 0. The van der Waals surface area contributed by atoms with Crippen molar-refractivity contribution in [3.05, 3.63) is 35.6 Å². The zero-order valence-electron chi connectivity index (χ0n) is 12.3. The predicted molar refractivity (Wildman–Crippen MR) is 76.5 cm³/mol. The molecule has 2 N–H and O–H groups in total. The van der Waals surface area contributed by atoms with Crippen molar-refractivity contribution in [1.82, 2.24) is 4.90 Å². The van der Waals surface area contributed by atoms with E-state index in [0.29, 0.717) is 6.61 Å². The third-order valence-electron chi connectivity index (χ3n) is 3.63. The average molecular weight is 268 g/mol. The Bertz CT molecular complexity index is 369. The first kappa shape index (κ1) is 16.1. The number of hydrogen-bond donors (Lipinski definition) is 1. The molecule has 1 aromatic rings. The van der Waals surface area contributed by atoms with E-state index in [9.17, 15) is 4.39 Å². The molecule has 0 fully saturated rings. The first-order chi connectivity index (χ1) is 9.01. The van der Waals surface area contributed by atoms with Crippen LogP contribution in [0.15, 0.2) is 24.3 Å². The lowest BCUT2D eigenvalue weighted by molar-refractivity contribution is 0.0793. The minimum Gasteiger partial charge on any atom is -0.383 e. The second-order valence-corrected chi connectivity index (χ2v) is 5.04. The van der Waals surface area contributed by atoms with E-state index in [1.54, 1.807) is 7.11 Å². The van der Waals surface area contributed by atoms with Gasteiger partial charge in [0.05, 0.1) is 6.61 Å². The second-order valence-electron chi connectivity index (χ2n) is 5.04. The number of ether oxygens (including phenoxy) is 1. The van der Waals surface area contributed by atoms with E-state index in [1.807, 2.05) is 19.2 Å². The second kappa shape index (κ2) is 7.58. The molecule has 3 nitrogen and oxygen atoms in total. The highest BCUT2D eigenvalue weighted by Gasteiger charge is 2.26. The van der Waals surface area contributed by atoms with Crippen LogP contribution in [0.1, 0.15) is 31.9 Å². The molecule has 3 unspecified atom stereocenters. The van der Waals surface area contributed by atoms with Crippen LogP contribution in [0.3, 0.4) is 0 Å². The molecule has 3 atom stereocenters. The summed E-state index contributed by atoms with van der Waals surface area (Å²) in [6, 6.07) is 6.92. The van der Waals surface area contributed by atoms with Crippen LogP contribution in [0.5, 0.6) is 0 Å². The van der Waals surface area contributed by atoms with Gasteiger partial charge in [-0.3, -0.25) is 4.90 Å². The highest BCUT2D eigenvalue weighted by molar-refractivity contribution is 5.21. The topological polar surface area (TPSA) is 38.5 Å². The number of likely N-dealkylation sites (N-methyl/N-ethyl adjacent to an activating group) is 1. The Morgan fingerprint density at radius 2 is 1.89 bits per heavy atom. The molecule has 1 rings (SSSR count). The first-order valence-corrected chi connectivity index (χ1v) is 6.73. The van der Waals surface area contributed by atoms with Crippen LogP contribution in [-0.4, -0.2) is 37.7 Å². The van der Waals surface area contributed by atoms with Gasteiger partial charge in [-0.05, 0) is 38.1 Å². The molecule has 0 aliphatic carbocycles. The van der Waals surface area contributed by atoms with Gasteiger partial charge in [-0.2, -0.15) is 0 Å². The lowest BCUT2D eigenvalue weighted by atomic mass is 9.95. The molecular weight excluding hydrogens is 243 g/mol. The van der Waals surface area contributed by atoms with Crippen molar-refractivity contribution in [3.8, 4) is 0 Å². The monoisotopic (exact) mass is 268 g/mol. The lowest BCUT2D eigenvalue weighted by Gasteiger charge is -2.36. The molecule has 0 radical (unpaired) electrons. The van der Waals surface area contributed by atoms with Crippen LogP contribution in [0, 0.1) is 5.82 Å². The van der Waals surface area contributed by atoms with Gasteiger partial charge in [-0.15, -0.1) is 0 Å². The largest absolute Gasteiger partial charge is 0.383 e. The molecule has 108 valence electrons. The van der Waals surface area contributed by atoms with Crippen molar-refractivity contribution in [1.29, 1.82) is 0 Å². The maximum atomic E-state index is 13.0. The molecule has 4 heteroatoms. The number of halogens is 1. The van der Waals surface area contributed by atoms with E-state index in [4.69, 9.17) is 10.5 Å². The number of nitrogens with zero attached hydrogens (tertiary/aromatic N) is 1. The van der Waals surface area contributed by atoms with Gasteiger partial charge in [0.25, 0.3) is 0 Å². The lowest BCUT2D eigenvalue weighted by Crippen LogP contribution is -2.44. The SMILES string of the molecule is CCC(N)C(c1ccc(F)cc1)N(C)C(C)COC. The minimum atomic E-state index is -0.222. The molecule has 0 amide bonds. The highest BCUT2D eigenvalue weighted by Crippen LogP contribution is 2.26. The summed E-state index contributed by atoms with van der Waals surface area (Å²) in [6.45, 7) is 4.81. The van der Waals surface area contributed by atoms with Gasteiger partial charge in [0.15, 0.2) is 0 Å². The van der Waals surface area contributed by atoms with Gasteiger partial charge in [-0.25, -0.2) is 4.39 Å². The molecule has 0 bridgehead atoms. The number of nitrogens with two attached hydrogens (primary N) is 1. The predicted octanol–water partition coefficient (Wildman–Crippen LogP) is 2.57. The summed E-state index contributed by atoms with van der Waals surface area (Å²) in [4.78, 5) is 2.20. The van der Waals surface area contributed by atoms with E-state index in [2.05, 4.69) is 18.7 Å². The van der Waals surface area contributed by atoms with Crippen LogP contribution in [0.4, 0.5) is 4.39 Å². The fourth-order valence-electron chi connectivity index (χ4n) is 2.30. The molecule has 0 saturated heterocycles. The summed E-state index contributed by atoms with van der Waals surface area (Å²) in [7, 11) is 3.73. The zero-order valence-corrected chi connectivity index (χ0v) is 12.3. The molecule has 0 heterocycles. The van der Waals surface area contributed by atoms with Gasteiger partial charge in [0, 0.05) is 25.2 Å². The summed E-state index contributed by atoms with van der Waals surface area (Å²) in [5.74, 6) is -0.222. The molecule has 0 spiro atoms. The number of hydrogen-bond acceptors (Lipinski definition) is 3. The highest BCUT2D eigenvalue weighted by atomic mass is 19.1. The summed E-state index contributed by atoms with van der Waals surface area (Å²) in [5, 5.41) is 0. The molecule has 0 aromatic heterocycles. The Labute approximate surface area is 115 Å². The van der Waals surface area contributed by atoms with Crippen molar-refractivity contribution >= 4 is 0 Å². The molecule has 1 aromatic carbocycles. The molecule has 0 aliphatic rings. The maximum absolute atomic E-state index is 13.0. The Morgan fingerprint density at radius 3 is 2.37 bits per heavy atom. The Kier molecular flexibility index (Phi) is 6.42. The third-order valence-corrected chi connectivity index (χ3v) is 3.63. The van der Waals surface area contributed by atoms with E-state index in [1.165, 1.54) is 12.1 Å². The smallest absolute Gasteiger partial charge is 0.123 e. The Balaban J connectivity index is 2.97. The van der Waals surface area contributed by atoms with Crippen molar-refractivity contribution in [2.45, 2.75) is 38.4 Å². The standard InChI is InChI=1S/C15H25FN2O/c1-5-14(17)15(18(3)11(2)10-19-4)12-6-8-13(16)9-7-12/h6-9,11,14-15H,5,10,17H2,1-4H3. The van der Waals surface area contributed by atoms with Gasteiger partial charge < -0.3 is 10.5 Å². The van der Waals surface area contributed by atoms with E-state index < -0.39 is 0 Å². The summed E-state index contributed by atoms with van der Waals surface area (Å²) in [5.41, 5.74) is 7.29. The van der Waals surface area contributed by atoms with E-state index >= 15 is 0 Å². The fourth-order valence-corrected chi connectivity index (χ4v) is 2.30. The number of methoxy groups -OCH3 is 1. The van der Waals surface area contributed by atoms with Crippen LogP contribution in [0.25, 0.3) is 0 Å². The van der Waals surface area contributed by atoms with E-state index in [-0.39, 0.29) is 23.9 Å². The average Bonchev–Trinajstić information content (AvgIpc) is 2.41. The summed E-state index contributed by atoms with van der Waals surface area (Å²) in [6.07, 6.45) is 0.867. The van der Waals surface area contributed by atoms with Gasteiger partial charge in [0.1, 0.15) is 5.82 Å². The minimum absolute atomic E-state index is 0.00904. The fraction of sp³-hybridized carbons (Fsp3) is 0.600.